The lowest BCUT2D eigenvalue weighted by atomic mass is 10.2. The van der Waals surface area contributed by atoms with Crippen LogP contribution in [0.15, 0.2) is 28.5 Å². The van der Waals surface area contributed by atoms with Crippen molar-refractivity contribution in [1.29, 1.82) is 0 Å². The molecule has 1 aromatic heterocycles. The number of aryl methyl sites for hydroxylation is 2. The van der Waals surface area contributed by atoms with E-state index in [1.54, 1.807) is 23.1 Å². The molecule has 2 rings (SSSR count). The molecule has 1 aromatic carbocycles. The normalized spacial score (nSPS) is 10.7. The molecule has 2 N–H and O–H groups in total. The van der Waals surface area contributed by atoms with Gasteiger partial charge in [0.25, 0.3) is 0 Å². The Morgan fingerprint density at radius 1 is 1.41 bits per heavy atom. The molecular weight excluding hydrogens is 248 g/mol. The first kappa shape index (κ1) is 12.5. The highest BCUT2D eigenvalue weighted by Crippen LogP contribution is 2.28. The lowest BCUT2D eigenvalue weighted by molar-refractivity contribution is 1.06. The van der Waals surface area contributed by atoms with Crippen LogP contribution in [0.3, 0.4) is 0 Å². The first-order valence-electron chi connectivity index (χ1n) is 5.61. The Bertz CT molecular complexity index is 506. The smallest absolute Gasteiger partial charge is 0.0925 e. The average Bonchev–Trinajstić information content (AvgIpc) is 2.78. The second kappa shape index (κ2) is 5.56. The number of benzene rings is 1. The van der Waals surface area contributed by atoms with Crippen molar-refractivity contribution in [3.8, 4) is 0 Å². The van der Waals surface area contributed by atoms with E-state index >= 15 is 0 Å². The van der Waals surface area contributed by atoms with Gasteiger partial charge >= 0.3 is 0 Å². The van der Waals surface area contributed by atoms with Crippen LogP contribution in [-0.2, 0) is 12.2 Å². The largest absolute Gasteiger partial charge is 0.399 e. The zero-order chi connectivity index (χ0) is 12.3. The van der Waals surface area contributed by atoms with Crippen molar-refractivity contribution in [2.45, 2.75) is 30.9 Å². The highest BCUT2D eigenvalue weighted by Gasteiger charge is 2.04. The lowest BCUT2D eigenvalue weighted by Gasteiger charge is -2.05. The highest BCUT2D eigenvalue weighted by molar-refractivity contribution is 7.98. The Kier molecular flexibility index (Phi) is 4.07. The molecule has 0 bridgehead atoms. The number of hydrogen-bond donors (Lipinski definition) is 1. The van der Waals surface area contributed by atoms with Crippen LogP contribution in [0.4, 0.5) is 5.69 Å². The fourth-order valence-electron chi connectivity index (χ4n) is 1.50. The molecule has 2 aromatic rings. The fraction of sp³-hybridized carbons (Fsp3) is 0.308. The quantitative estimate of drug-likeness (QED) is 0.672. The monoisotopic (exact) mass is 264 g/mol. The molecular formula is C13H16N2S2. The molecule has 17 heavy (non-hydrogen) atoms. The van der Waals surface area contributed by atoms with E-state index in [9.17, 15) is 0 Å². The van der Waals surface area contributed by atoms with E-state index in [-0.39, 0.29) is 0 Å². The van der Waals surface area contributed by atoms with Crippen LogP contribution in [0, 0.1) is 6.92 Å². The molecule has 4 heteroatoms. The lowest BCUT2D eigenvalue weighted by Crippen LogP contribution is -1.88. The molecule has 0 unspecified atom stereocenters. The number of anilines is 1. The summed E-state index contributed by atoms with van der Waals surface area (Å²) in [6.45, 7) is 4.25. The van der Waals surface area contributed by atoms with Crippen LogP contribution >= 0.6 is 23.1 Å². The van der Waals surface area contributed by atoms with E-state index in [1.165, 1.54) is 21.2 Å². The Labute approximate surface area is 110 Å². The van der Waals surface area contributed by atoms with Crippen molar-refractivity contribution < 1.29 is 0 Å². The molecule has 0 aliphatic rings. The number of hydrogen-bond acceptors (Lipinski definition) is 4. The number of thioether (sulfide) groups is 1. The van der Waals surface area contributed by atoms with Gasteiger partial charge in [-0.2, -0.15) is 0 Å². The Morgan fingerprint density at radius 2 is 2.24 bits per heavy atom. The van der Waals surface area contributed by atoms with Gasteiger partial charge in [-0.1, -0.05) is 13.0 Å². The zero-order valence-corrected chi connectivity index (χ0v) is 11.7. The Morgan fingerprint density at radius 3 is 2.94 bits per heavy atom. The third-order valence-corrected chi connectivity index (χ3v) is 4.72. The molecule has 0 aliphatic carbocycles. The minimum absolute atomic E-state index is 0.825. The molecule has 90 valence electrons. The Balaban J connectivity index is 2.04. The van der Waals surface area contributed by atoms with Crippen LogP contribution in [-0.4, -0.2) is 4.98 Å². The van der Waals surface area contributed by atoms with Gasteiger partial charge in [0.15, 0.2) is 0 Å². The van der Waals surface area contributed by atoms with Gasteiger partial charge in [0.05, 0.1) is 10.7 Å². The number of rotatable bonds is 4. The summed E-state index contributed by atoms with van der Waals surface area (Å²) in [5.41, 5.74) is 9.06. The van der Waals surface area contributed by atoms with E-state index in [1.807, 2.05) is 12.1 Å². The summed E-state index contributed by atoms with van der Waals surface area (Å²) in [5, 5.41) is 3.36. The molecule has 0 atom stereocenters. The molecule has 0 amide bonds. The van der Waals surface area contributed by atoms with Gasteiger partial charge in [-0.15, -0.1) is 23.1 Å². The molecule has 0 spiro atoms. The van der Waals surface area contributed by atoms with Gasteiger partial charge < -0.3 is 5.73 Å². The van der Waals surface area contributed by atoms with Gasteiger partial charge in [-0.25, -0.2) is 4.98 Å². The summed E-state index contributed by atoms with van der Waals surface area (Å²) in [7, 11) is 0. The number of nitrogens with zero attached hydrogens (tertiary/aromatic N) is 1. The van der Waals surface area contributed by atoms with E-state index < -0.39 is 0 Å². The van der Waals surface area contributed by atoms with E-state index in [4.69, 9.17) is 5.73 Å². The highest BCUT2D eigenvalue weighted by atomic mass is 32.2. The summed E-state index contributed by atoms with van der Waals surface area (Å²) < 4.78 is 0. The molecule has 0 radical (unpaired) electrons. The van der Waals surface area contributed by atoms with Crippen molar-refractivity contribution in [2.24, 2.45) is 0 Å². The van der Waals surface area contributed by atoms with Crippen molar-refractivity contribution in [2.75, 3.05) is 5.73 Å². The van der Waals surface area contributed by atoms with Crippen molar-refractivity contribution in [3.63, 3.8) is 0 Å². The summed E-state index contributed by atoms with van der Waals surface area (Å²) in [5.74, 6) is 0.917. The first-order valence-corrected chi connectivity index (χ1v) is 7.47. The second-order valence-corrected chi connectivity index (χ2v) is 5.86. The maximum atomic E-state index is 5.80. The second-order valence-electron chi connectivity index (χ2n) is 3.90. The van der Waals surface area contributed by atoms with E-state index in [0.29, 0.717) is 0 Å². The summed E-state index contributed by atoms with van der Waals surface area (Å²) in [6.07, 6.45) is 1.02. The van der Waals surface area contributed by atoms with Crippen molar-refractivity contribution >= 4 is 28.8 Å². The van der Waals surface area contributed by atoms with E-state index in [0.717, 1.165) is 17.9 Å². The van der Waals surface area contributed by atoms with Crippen LogP contribution in [0.25, 0.3) is 0 Å². The number of aromatic nitrogens is 1. The molecule has 0 saturated heterocycles. The maximum absolute atomic E-state index is 5.80. The molecule has 0 fully saturated rings. The predicted octanol–water partition coefficient (Wildman–Crippen LogP) is 3.89. The Hall–Kier alpha value is -1.000. The van der Waals surface area contributed by atoms with Crippen LogP contribution < -0.4 is 5.73 Å². The standard InChI is InChI=1S/C13H16N2S2/c1-3-13-15-11(8-17-13)7-16-12-6-10(14)5-4-9(12)2/h4-6,8H,3,7,14H2,1-2H3. The van der Waals surface area contributed by atoms with Crippen molar-refractivity contribution in [3.05, 3.63) is 39.8 Å². The van der Waals surface area contributed by atoms with Gasteiger partial charge in [0, 0.05) is 21.7 Å². The summed E-state index contributed by atoms with van der Waals surface area (Å²) >= 11 is 3.55. The zero-order valence-electron chi connectivity index (χ0n) is 10.1. The number of nitrogens with two attached hydrogens (primary N) is 1. The molecule has 0 aliphatic heterocycles. The van der Waals surface area contributed by atoms with Gasteiger partial charge in [0.2, 0.25) is 0 Å². The van der Waals surface area contributed by atoms with E-state index in [2.05, 4.69) is 30.3 Å². The average molecular weight is 264 g/mol. The fourth-order valence-corrected chi connectivity index (χ4v) is 3.32. The number of thiazole rings is 1. The topological polar surface area (TPSA) is 38.9 Å². The maximum Gasteiger partial charge on any atom is 0.0925 e. The van der Waals surface area contributed by atoms with Crippen LogP contribution in [0.2, 0.25) is 0 Å². The number of nitrogen functional groups attached to an aromatic ring is 1. The predicted molar refractivity (Wildman–Crippen MR) is 76.6 cm³/mol. The van der Waals surface area contributed by atoms with Crippen molar-refractivity contribution in [1.82, 2.24) is 4.98 Å². The third kappa shape index (κ3) is 3.23. The molecule has 0 saturated carbocycles. The third-order valence-electron chi connectivity index (χ3n) is 2.49. The SMILES string of the molecule is CCc1nc(CSc2cc(N)ccc2C)cs1. The molecule has 1 heterocycles. The molecule has 2 nitrogen and oxygen atoms in total. The minimum atomic E-state index is 0.825. The van der Waals surface area contributed by atoms with Crippen LogP contribution in [0.1, 0.15) is 23.2 Å². The first-order chi connectivity index (χ1) is 8.19. The summed E-state index contributed by atoms with van der Waals surface area (Å²) in [6, 6.07) is 6.04. The van der Waals surface area contributed by atoms with Gasteiger partial charge in [-0.3, -0.25) is 0 Å². The van der Waals surface area contributed by atoms with Gasteiger partial charge in [0.1, 0.15) is 0 Å². The summed E-state index contributed by atoms with van der Waals surface area (Å²) in [4.78, 5) is 5.81. The van der Waals surface area contributed by atoms with Crippen LogP contribution in [0.5, 0.6) is 0 Å². The minimum Gasteiger partial charge on any atom is -0.399 e. The van der Waals surface area contributed by atoms with Gasteiger partial charge in [-0.05, 0) is 31.0 Å².